The summed E-state index contributed by atoms with van der Waals surface area (Å²) in [6.45, 7) is 7.60. The van der Waals surface area contributed by atoms with Crippen LogP contribution in [-0.2, 0) is 13.3 Å². The lowest BCUT2D eigenvalue weighted by Crippen LogP contribution is -2.25. The Morgan fingerprint density at radius 2 is 2.10 bits per heavy atom. The summed E-state index contributed by atoms with van der Waals surface area (Å²) in [7, 11) is 0. The molecule has 2 heterocycles. The Morgan fingerprint density at radius 1 is 1.33 bits per heavy atom. The molecule has 21 heavy (non-hydrogen) atoms. The van der Waals surface area contributed by atoms with Crippen LogP contribution in [0.1, 0.15) is 51.4 Å². The molecule has 1 saturated heterocycles. The molecule has 1 unspecified atom stereocenters. The van der Waals surface area contributed by atoms with Gasteiger partial charge in [0, 0.05) is 19.1 Å². The summed E-state index contributed by atoms with van der Waals surface area (Å²) in [5.41, 5.74) is 0. The van der Waals surface area contributed by atoms with Gasteiger partial charge in [0.2, 0.25) is 0 Å². The highest BCUT2D eigenvalue weighted by molar-refractivity contribution is 7.71. The van der Waals surface area contributed by atoms with E-state index in [-0.39, 0.29) is 6.61 Å². The van der Waals surface area contributed by atoms with Gasteiger partial charge in [-0.05, 0) is 49.7 Å². The lowest BCUT2D eigenvalue weighted by molar-refractivity contribution is 0.234. The molecule has 1 aromatic heterocycles. The topological polar surface area (TPSA) is 46.2 Å². The first kappa shape index (κ1) is 15.2. The SMILES string of the molecule is CC(C)CC1CCN(Cn2nc(CO)n(C3CC3)c2=S)C1. The second-order valence-electron chi connectivity index (χ2n) is 6.96. The van der Waals surface area contributed by atoms with E-state index in [2.05, 4.69) is 28.4 Å². The molecule has 0 amide bonds. The highest BCUT2D eigenvalue weighted by atomic mass is 32.1. The largest absolute Gasteiger partial charge is 0.388 e. The Balaban J connectivity index is 1.67. The van der Waals surface area contributed by atoms with E-state index in [1.54, 1.807) is 0 Å². The monoisotopic (exact) mass is 310 g/mol. The van der Waals surface area contributed by atoms with Crippen LogP contribution in [0.4, 0.5) is 0 Å². The third kappa shape index (κ3) is 3.38. The second kappa shape index (κ2) is 6.18. The molecule has 1 N–H and O–H groups in total. The number of hydrogen-bond acceptors (Lipinski definition) is 4. The first-order valence-corrected chi connectivity index (χ1v) is 8.50. The number of hydrogen-bond donors (Lipinski definition) is 1. The Kier molecular flexibility index (Phi) is 4.47. The first-order valence-electron chi connectivity index (χ1n) is 8.10. The zero-order valence-corrected chi connectivity index (χ0v) is 13.8. The Hall–Kier alpha value is -0.720. The van der Waals surface area contributed by atoms with E-state index in [1.165, 1.54) is 12.8 Å². The van der Waals surface area contributed by atoms with E-state index in [1.807, 2.05) is 4.68 Å². The van der Waals surface area contributed by atoms with Crippen molar-refractivity contribution in [2.75, 3.05) is 13.1 Å². The number of aromatic nitrogens is 3. The van der Waals surface area contributed by atoms with Crippen molar-refractivity contribution in [2.45, 2.75) is 58.8 Å². The van der Waals surface area contributed by atoms with E-state index >= 15 is 0 Å². The van der Waals surface area contributed by atoms with Crippen molar-refractivity contribution in [2.24, 2.45) is 11.8 Å². The summed E-state index contributed by atoms with van der Waals surface area (Å²) < 4.78 is 4.72. The van der Waals surface area contributed by atoms with Crippen LogP contribution in [0.25, 0.3) is 0 Å². The van der Waals surface area contributed by atoms with Crippen molar-refractivity contribution < 1.29 is 5.11 Å². The van der Waals surface area contributed by atoms with Crippen molar-refractivity contribution in [1.82, 2.24) is 19.2 Å². The number of aliphatic hydroxyl groups is 1. The first-order chi connectivity index (χ1) is 10.1. The standard InChI is InChI=1S/C15H26N4OS/c1-11(2)7-12-5-6-17(8-12)10-18-15(21)19(13-3-4-13)14(9-20)16-18/h11-13,20H,3-10H2,1-2H3. The molecule has 0 spiro atoms. The van der Waals surface area contributed by atoms with Crippen molar-refractivity contribution in [3.63, 3.8) is 0 Å². The van der Waals surface area contributed by atoms with Gasteiger partial charge in [-0.3, -0.25) is 9.47 Å². The predicted molar refractivity (Wildman–Crippen MR) is 84.4 cm³/mol. The summed E-state index contributed by atoms with van der Waals surface area (Å²) in [6.07, 6.45) is 4.91. The maximum atomic E-state index is 9.48. The lowest BCUT2D eigenvalue weighted by Gasteiger charge is -2.16. The third-order valence-electron chi connectivity index (χ3n) is 4.50. The van der Waals surface area contributed by atoms with Crippen LogP contribution in [0.2, 0.25) is 0 Å². The van der Waals surface area contributed by atoms with Gasteiger partial charge in [0.1, 0.15) is 6.61 Å². The average molecular weight is 310 g/mol. The maximum absolute atomic E-state index is 9.48. The maximum Gasteiger partial charge on any atom is 0.199 e. The molecule has 1 aromatic rings. The molecule has 0 radical (unpaired) electrons. The van der Waals surface area contributed by atoms with E-state index in [4.69, 9.17) is 12.2 Å². The van der Waals surface area contributed by atoms with E-state index in [0.29, 0.717) is 6.04 Å². The van der Waals surface area contributed by atoms with Crippen LogP contribution in [-0.4, -0.2) is 37.4 Å². The van der Waals surface area contributed by atoms with E-state index in [0.717, 1.165) is 55.0 Å². The van der Waals surface area contributed by atoms with Gasteiger partial charge in [0.25, 0.3) is 0 Å². The van der Waals surface area contributed by atoms with Gasteiger partial charge in [-0.2, -0.15) is 5.10 Å². The minimum absolute atomic E-state index is 0.0247. The minimum Gasteiger partial charge on any atom is -0.388 e. The molecule has 6 heteroatoms. The lowest BCUT2D eigenvalue weighted by atomic mass is 9.97. The fraction of sp³-hybridized carbons (Fsp3) is 0.867. The molecule has 2 aliphatic rings. The minimum atomic E-state index is -0.0247. The van der Waals surface area contributed by atoms with Gasteiger partial charge in [0.05, 0.1) is 6.67 Å². The zero-order valence-electron chi connectivity index (χ0n) is 13.0. The summed E-state index contributed by atoms with van der Waals surface area (Å²) in [5, 5.41) is 14.0. The van der Waals surface area contributed by atoms with Crippen molar-refractivity contribution in [3.05, 3.63) is 10.6 Å². The van der Waals surface area contributed by atoms with Gasteiger partial charge in [-0.15, -0.1) is 0 Å². The van der Waals surface area contributed by atoms with Gasteiger partial charge in [-0.1, -0.05) is 13.8 Å². The van der Waals surface area contributed by atoms with Gasteiger partial charge in [0.15, 0.2) is 10.6 Å². The Labute approximate surface area is 131 Å². The summed E-state index contributed by atoms with van der Waals surface area (Å²) >= 11 is 5.56. The van der Waals surface area contributed by atoms with Crippen LogP contribution in [0.15, 0.2) is 0 Å². The smallest absolute Gasteiger partial charge is 0.199 e. The van der Waals surface area contributed by atoms with Gasteiger partial charge >= 0.3 is 0 Å². The van der Waals surface area contributed by atoms with Crippen LogP contribution in [0.5, 0.6) is 0 Å². The number of likely N-dealkylation sites (tertiary alicyclic amines) is 1. The van der Waals surface area contributed by atoms with Crippen molar-refractivity contribution in [3.8, 4) is 0 Å². The molecular formula is C15H26N4OS. The van der Waals surface area contributed by atoms with Crippen LogP contribution >= 0.6 is 12.2 Å². The fourth-order valence-electron chi connectivity index (χ4n) is 3.45. The average Bonchev–Trinajstić information content (AvgIpc) is 3.10. The van der Waals surface area contributed by atoms with Gasteiger partial charge in [-0.25, -0.2) is 4.68 Å². The molecule has 1 aliphatic carbocycles. The molecule has 118 valence electrons. The Bertz CT molecular complexity index is 546. The van der Waals surface area contributed by atoms with Crippen molar-refractivity contribution in [1.29, 1.82) is 0 Å². The Morgan fingerprint density at radius 3 is 2.71 bits per heavy atom. The van der Waals surface area contributed by atoms with E-state index < -0.39 is 0 Å². The molecular weight excluding hydrogens is 284 g/mol. The van der Waals surface area contributed by atoms with Crippen LogP contribution in [0.3, 0.4) is 0 Å². The second-order valence-corrected chi connectivity index (χ2v) is 7.33. The number of rotatable bonds is 6. The highest BCUT2D eigenvalue weighted by Crippen LogP contribution is 2.36. The quantitative estimate of drug-likeness (QED) is 0.820. The highest BCUT2D eigenvalue weighted by Gasteiger charge is 2.29. The molecule has 1 aliphatic heterocycles. The molecule has 3 rings (SSSR count). The molecule has 1 saturated carbocycles. The summed E-state index contributed by atoms with van der Waals surface area (Å²) in [4.78, 5) is 2.44. The molecule has 0 aromatic carbocycles. The number of nitrogens with zero attached hydrogens (tertiary/aromatic N) is 4. The molecule has 1 atom stereocenters. The van der Waals surface area contributed by atoms with E-state index in [9.17, 15) is 5.11 Å². The summed E-state index contributed by atoms with van der Waals surface area (Å²) in [6, 6.07) is 0.473. The van der Waals surface area contributed by atoms with Crippen LogP contribution < -0.4 is 0 Å². The molecule has 0 bridgehead atoms. The fourth-order valence-corrected chi connectivity index (χ4v) is 3.81. The molecule has 5 nitrogen and oxygen atoms in total. The predicted octanol–water partition coefficient (Wildman–Crippen LogP) is 2.57. The van der Waals surface area contributed by atoms with Crippen molar-refractivity contribution >= 4 is 12.2 Å². The number of aliphatic hydroxyl groups excluding tert-OH is 1. The van der Waals surface area contributed by atoms with Crippen LogP contribution in [0, 0.1) is 16.6 Å². The normalized spacial score (nSPS) is 23.3. The summed E-state index contributed by atoms with van der Waals surface area (Å²) in [5.74, 6) is 2.30. The van der Waals surface area contributed by atoms with Gasteiger partial charge < -0.3 is 5.11 Å². The third-order valence-corrected chi connectivity index (χ3v) is 4.91. The zero-order chi connectivity index (χ0) is 15.0. The molecule has 2 fully saturated rings.